The highest BCUT2D eigenvalue weighted by molar-refractivity contribution is 6.02. The fourth-order valence-electron chi connectivity index (χ4n) is 3.26. The Hall–Kier alpha value is -1.92. The van der Waals surface area contributed by atoms with Gasteiger partial charge in [-0.3, -0.25) is 0 Å². The number of carboxylic acid groups (broad SMARTS) is 1. The van der Waals surface area contributed by atoms with E-state index in [9.17, 15) is 14.7 Å². The lowest BCUT2D eigenvalue weighted by Crippen LogP contribution is -2.25. The van der Waals surface area contributed by atoms with Crippen LogP contribution in [0.1, 0.15) is 98.8 Å². The predicted molar refractivity (Wildman–Crippen MR) is 122 cm³/mol. The van der Waals surface area contributed by atoms with E-state index in [0.29, 0.717) is 13.2 Å². The number of carbonyl (C=O) groups is 2. The number of benzene rings is 1. The molecule has 0 saturated carbocycles. The molecule has 0 aliphatic carbocycles. The fourth-order valence-corrected chi connectivity index (χ4v) is 3.26. The molecule has 1 aromatic rings. The molecular weight excluding hydrogens is 396 g/mol. The maximum Gasteiger partial charge on any atom is 0.339 e. The zero-order chi connectivity index (χ0) is 22.7. The molecular formula is C25H40O6. The first kappa shape index (κ1) is 27.1. The van der Waals surface area contributed by atoms with Crippen LogP contribution in [0.3, 0.4) is 0 Å². The first-order valence-electron chi connectivity index (χ1n) is 11.8. The van der Waals surface area contributed by atoms with Gasteiger partial charge in [0.2, 0.25) is 0 Å². The van der Waals surface area contributed by atoms with Gasteiger partial charge in [-0.25, -0.2) is 9.59 Å². The predicted octanol–water partition coefficient (Wildman–Crippen LogP) is 5.88. The number of carboxylic acids is 1. The minimum atomic E-state index is -1.15. The third-order valence-electron chi connectivity index (χ3n) is 5.13. The topological polar surface area (TPSA) is 82.1 Å². The molecule has 31 heavy (non-hydrogen) atoms. The molecule has 1 unspecified atom stereocenters. The van der Waals surface area contributed by atoms with Crippen LogP contribution in [0.15, 0.2) is 24.3 Å². The van der Waals surface area contributed by atoms with Gasteiger partial charge in [-0.1, -0.05) is 77.3 Å². The van der Waals surface area contributed by atoms with Crippen LogP contribution in [-0.2, 0) is 14.2 Å². The van der Waals surface area contributed by atoms with Gasteiger partial charge >= 0.3 is 11.9 Å². The van der Waals surface area contributed by atoms with Crippen molar-refractivity contribution in [2.75, 3.05) is 26.4 Å². The second-order valence-corrected chi connectivity index (χ2v) is 7.82. The van der Waals surface area contributed by atoms with E-state index < -0.39 is 11.9 Å². The van der Waals surface area contributed by atoms with Gasteiger partial charge < -0.3 is 19.3 Å². The Kier molecular flexibility index (Phi) is 15.5. The Morgan fingerprint density at radius 2 is 1.48 bits per heavy atom. The van der Waals surface area contributed by atoms with E-state index in [0.717, 1.165) is 38.7 Å². The van der Waals surface area contributed by atoms with E-state index in [1.165, 1.54) is 44.2 Å². The molecule has 0 fully saturated rings. The van der Waals surface area contributed by atoms with Crippen molar-refractivity contribution in [2.24, 2.45) is 0 Å². The number of hydrogen-bond donors (Lipinski definition) is 1. The molecule has 6 nitrogen and oxygen atoms in total. The Morgan fingerprint density at radius 3 is 2.16 bits per heavy atom. The van der Waals surface area contributed by atoms with Crippen LogP contribution < -0.4 is 0 Å². The summed E-state index contributed by atoms with van der Waals surface area (Å²) in [5.41, 5.74) is 0.00828. The van der Waals surface area contributed by atoms with Crippen molar-refractivity contribution in [3.05, 3.63) is 35.4 Å². The Morgan fingerprint density at radius 1 is 0.839 bits per heavy atom. The molecule has 1 rings (SSSR count). The first-order chi connectivity index (χ1) is 15.1. The third kappa shape index (κ3) is 12.5. The number of hydrogen-bond acceptors (Lipinski definition) is 5. The molecule has 0 heterocycles. The lowest BCUT2D eigenvalue weighted by molar-refractivity contribution is -0.0332. The molecule has 6 heteroatoms. The monoisotopic (exact) mass is 436 g/mol. The molecule has 0 amide bonds. The van der Waals surface area contributed by atoms with Crippen molar-refractivity contribution in [2.45, 2.75) is 84.2 Å². The molecule has 176 valence electrons. The molecule has 0 bridgehead atoms. The summed E-state index contributed by atoms with van der Waals surface area (Å²) in [6.07, 6.45) is 11.1. The van der Waals surface area contributed by atoms with Crippen molar-refractivity contribution in [3.63, 3.8) is 0 Å². The molecule has 0 spiro atoms. The van der Waals surface area contributed by atoms with Crippen molar-refractivity contribution >= 4 is 11.9 Å². The van der Waals surface area contributed by atoms with Crippen LogP contribution in [0.4, 0.5) is 0 Å². The molecule has 0 aliphatic rings. The maximum atomic E-state index is 12.4. The smallest absolute Gasteiger partial charge is 0.339 e. The first-order valence-corrected chi connectivity index (χ1v) is 11.8. The SMILES string of the molecule is CCCCCCCCCC(COC(=O)c1ccccc1C(=O)O)OCCOCCCC. The lowest BCUT2D eigenvalue weighted by atomic mass is 10.1. The fraction of sp³-hybridized carbons (Fsp3) is 0.680. The van der Waals surface area contributed by atoms with Gasteiger partial charge in [0.05, 0.1) is 30.4 Å². The maximum absolute atomic E-state index is 12.4. The van der Waals surface area contributed by atoms with Crippen LogP contribution in [0.5, 0.6) is 0 Å². The second-order valence-electron chi connectivity index (χ2n) is 7.82. The van der Waals surface area contributed by atoms with Crippen LogP contribution in [0.2, 0.25) is 0 Å². The summed E-state index contributed by atoms with van der Waals surface area (Å²) in [5.74, 6) is -1.78. The number of esters is 1. The summed E-state index contributed by atoms with van der Waals surface area (Å²) in [6, 6.07) is 6.09. The highest BCUT2D eigenvalue weighted by atomic mass is 16.6. The highest BCUT2D eigenvalue weighted by Crippen LogP contribution is 2.14. The summed E-state index contributed by atoms with van der Waals surface area (Å²) in [6.45, 7) is 6.14. The van der Waals surface area contributed by atoms with E-state index in [-0.39, 0.29) is 23.8 Å². The molecule has 1 aromatic carbocycles. The normalized spacial score (nSPS) is 11.9. The standard InChI is InChI=1S/C25H40O6/c1-3-5-7-8-9-10-11-14-21(30-19-18-29-17-6-4-2)20-31-25(28)23-16-13-12-15-22(23)24(26)27/h12-13,15-16,21H,3-11,14,17-20H2,1-2H3,(H,26,27). The zero-order valence-electron chi connectivity index (χ0n) is 19.3. The second kappa shape index (κ2) is 17.7. The van der Waals surface area contributed by atoms with Crippen LogP contribution in [0, 0.1) is 0 Å². The van der Waals surface area contributed by atoms with Gasteiger partial charge in [-0.05, 0) is 25.0 Å². The van der Waals surface area contributed by atoms with E-state index in [2.05, 4.69) is 13.8 Å². The molecule has 0 radical (unpaired) electrons. The van der Waals surface area contributed by atoms with Gasteiger partial charge in [0.15, 0.2) is 0 Å². The van der Waals surface area contributed by atoms with Gasteiger partial charge in [0, 0.05) is 6.61 Å². The van der Waals surface area contributed by atoms with Crippen LogP contribution in [0.25, 0.3) is 0 Å². The number of unbranched alkanes of at least 4 members (excludes halogenated alkanes) is 7. The average Bonchev–Trinajstić information content (AvgIpc) is 2.78. The Balaban J connectivity index is 2.48. The van der Waals surface area contributed by atoms with E-state index in [4.69, 9.17) is 14.2 Å². The lowest BCUT2D eigenvalue weighted by Gasteiger charge is -2.18. The van der Waals surface area contributed by atoms with Gasteiger partial charge in [-0.15, -0.1) is 0 Å². The zero-order valence-corrected chi connectivity index (χ0v) is 19.3. The largest absolute Gasteiger partial charge is 0.478 e. The number of carbonyl (C=O) groups excluding carboxylic acids is 1. The quantitative estimate of drug-likeness (QED) is 0.215. The molecule has 1 atom stereocenters. The van der Waals surface area contributed by atoms with E-state index in [1.54, 1.807) is 12.1 Å². The summed E-state index contributed by atoms with van der Waals surface area (Å²) < 4.78 is 16.9. The number of ether oxygens (including phenoxy) is 3. The molecule has 0 aliphatic heterocycles. The summed E-state index contributed by atoms with van der Waals surface area (Å²) >= 11 is 0. The van der Waals surface area contributed by atoms with Gasteiger partial charge in [0.25, 0.3) is 0 Å². The van der Waals surface area contributed by atoms with E-state index >= 15 is 0 Å². The van der Waals surface area contributed by atoms with Crippen molar-refractivity contribution in [1.29, 1.82) is 0 Å². The van der Waals surface area contributed by atoms with Crippen molar-refractivity contribution < 1.29 is 28.9 Å². The average molecular weight is 437 g/mol. The Labute approximate surface area is 187 Å². The van der Waals surface area contributed by atoms with Gasteiger partial charge in [-0.2, -0.15) is 0 Å². The highest BCUT2D eigenvalue weighted by Gasteiger charge is 2.19. The third-order valence-corrected chi connectivity index (χ3v) is 5.13. The Bertz CT molecular complexity index is 616. The molecule has 0 aromatic heterocycles. The summed E-state index contributed by atoms with van der Waals surface area (Å²) in [4.78, 5) is 23.8. The summed E-state index contributed by atoms with van der Waals surface area (Å²) in [7, 11) is 0. The van der Waals surface area contributed by atoms with Crippen molar-refractivity contribution in [3.8, 4) is 0 Å². The van der Waals surface area contributed by atoms with Crippen LogP contribution in [-0.4, -0.2) is 49.6 Å². The van der Waals surface area contributed by atoms with Crippen LogP contribution >= 0.6 is 0 Å². The number of rotatable bonds is 19. The van der Waals surface area contributed by atoms with E-state index in [1.807, 2.05) is 0 Å². The molecule has 1 N–H and O–H groups in total. The minimum absolute atomic E-state index is 0.0543. The summed E-state index contributed by atoms with van der Waals surface area (Å²) in [5, 5.41) is 9.27. The number of aromatic carboxylic acids is 1. The van der Waals surface area contributed by atoms with Gasteiger partial charge in [0.1, 0.15) is 6.61 Å². The minimum Gasteiger partial charge on any atom is -0.478 e. The van der Waals surface area contributed by atoms with Crippen molar-refractivity contribution in [1.82, 2.24) is 0 Å². The molecule has 0 saturated heterocycles.